The van der Waals surface area contributed by atoms with Crippen LogP contribution >= 0.6 is 11.6 Å². The van der Waals surface area contributed by atoms with Crippen LogP contribution in [0, 0.1) is 5.92 Å². The quantitative estimate of drug-likeness (QED) is 0.724. The number of likely N-dealkylation sites (tertiary alicyclic amines) is 1. The van der Waals surface area contributed by atoms with Crippen molar-refractivity contribution < 1.29 is 9.59 Å². The molecule has 1 aromatic heterocycles. The van der Waals surface area contributed by atoms with E-state index in [1.165, 1.54) is 0 Å². The van der Waals surface area contributed by atoms with Gasteiger partial charge >= 0.3 is 0 Å². The second kappa shape index (κ2) is 7.40. The Morgan fingerprint density at radius 2 is 1.93 bits per heavy atom. The fourth-order valence-electron chi connectivity index (χ4n) is 3.36. The van der Waals surface area contributed by atoms with Crippen LogP contribution < -0.4 is 5.32 Å². The van der Waals surface area contributed by atoms with Crippen LogP contribution in [0.4, 0.5) is 5.69 Å². The molecule has 2 heterocycles. The molecule has 3 aromatic rings. The number of hydrogen-bond acceptors (Lipinski definition) is 3. The lowest BCUT2D eigenvalue weighted by Crippen LogP contribution is -2.44. The number of nitrogens with one attached hydrogen (secondary N) is 2. The highest BCUT2D eigenvalue weighted by molar-refractivity contribution is 6.30. The molecule has 138 valence electrons. The van der Waals surface area contributed by atoms with Gasteiger partial charge in [-0.2, -0.15) is 0 Å². The fourth-order valence-corrected chi connectivity index (χ4v) is 3.48. The number of halogens is 1. The molecule has 1 atom stereocenters. The molecule has 0 spiro atoms. The van der Waals surface area contributed by atoms with Crippen molar-refractivity contribution >= 4 is 40.1 Å². The molecule has 27 heavy (non-hydrogen) atoms. The molecule has 2 N–H and O–H groups in total. The van der Waals surface area contributed by atoms with Gasteiger partial charge in [0.15, 0.2) is 5.82 Å². The third-order valence-electron chi connectivity index (χ3n) is 4.78. The molecular formula is C20H19ClN4O2. The number of para-hydroxylation sites is 2. The van der Waals surface area contributed by atoms with E-state index >= 15 is 0 Å². The predicted molar refractivity (Wildman–Crippen MR) is 105 cm³/mol. The monoisotopic (exact) mass is 382 g/mol. The molecule has 1 aliphatic heterocycles. The summed E-state index contributed by atoms with van der Waals surface area (Å²) in [6.07, 6.45) is 1.54. The number of H-pyrrole nitrogens is 1. The number of piperidine rings is 1. The maximum Gasteiger partial charge on any atom is 0.289 e. The molecule has 6 nitrogen and oxygen atoms in total. The van der Waals surface area contributed by atoms with Crippen LogP contribution in [0.15, 0.2) is 48.5 Å². The molecule has 1 saturated heterocycles. The average Bonchev–Trinajstić information content (AvgIpc) is 3.13. The van der Waals surface area contributed by atoms with E-state index in [0.29, 0.717) is 29.6 Å². The third-order valence-corrected chi connectivity index (χ3v) is 5.04. The molecular weight excluding hydrogens is 364 g/mol. The van der Waals surface area contributed by atoms with E-state index < -0.39 is 0 Å². The SMILES string of the molecule is O=C(Nc1ccc(Cl)cc1)C1CCCN(C(=O)c2nc3ccccc3[nH]2)C1. The van der Waals surface area contributed by atoms with Gasteiger partial charge in [0.2, 0.25) is 5.91 Å². The van der Waals surface area contributed by atoms with E-state index in [9.17, 15) is 9.59 Å². The van der Waals surface area contributed by atoms with Crippen molar-refractivity contribution in [1.29, 1.82) is 0 Å². The molecule has 0 radical (unpaired) electrons. The van der Waals surface area contributed by atoms with Gasteiger partial charge in [0.05, 0.1) is 17.0 Å². The molecule has 1 aliphatic rings. The van der Waals surface area contributed by atoms with Crippen molar-refractivity contribution in [2.24, 2.45) is 5.92 Å². The van der Waals surface area contributed by atoms with Gasteiger partial charge in [0, 0.05) is 23.8 Å². The summed E-state index contributed by atoms with van der Waals surface area (Å²) >= 11 is 5.87. The van der Waals surface area contributed by atoms with Gasteiger partial charge in [-0.25, -0.2) is 4.98 Å². The largest absolute Gasteiger partial charge is 0.335 e. The second-order valence-corrected chi connectivity index (χ2v) is 7.13. The Balaban J connectivity index is 1.44. The number of carbonyl (C=O) groups excluding carboxylic acids is 2. The highest BCUT2D eigenvalue weighted by atomic mass is 35.5. The number of nitrogens with zero attached hydrogens (tertiary/aromatic N) is 2. The summed E-state index contributed by atoms with van der Waals surface area (Å²) in [5.41, 5.74) is 2.29. The summed E-state index contributed by atoms with van der Waals surface area (Å²) in [6, 6.07) is 14.5. The third kappa shape index (κ3) is 3.80. The summed E-state index contributed by atoms with van der Waals surface area (Å²) < 4.78 is 0. The minimum absolute atomic E-state index is 0.0839. The van der Waals surface area contributed by atoms with Gasteiger partial charge in [-0.1, -0.05) is 23.7 Å². The zero-order chi connectivity index (χ0) is 18.8. The lowest BCUT2D eigenvalue weighted by molar-refractivity contribution is -0.121. The molecule has 4 rings (SSSR count). The van der Waals surface area contributed by atoms with E-state index in [1.807, 2.05) is 24.3 Å². The van der Waals surface area contributed by atoms with Gasteiger partial charge in [-0.15, -0.1) is 0 Å². The normalized spacial score (nSPS) is 17.1. The lowest BCUT2D eigenvalue weighted by atomic mass is 9.97. The number of fused-ring (bicyclic) bond motifs is 1. The summed E-state index contributed by atoms with van der Waals surface area (Å²) in [5, 5.41) is 3.52. The molecule has 7 heteroatoms. The summed E-state index contributed by atoms with van der Waals surface area (Å²) in [7, 11) is 0. The molecule has 2 amide bonds. The fraction of sp³-hybridized carbons (Fsp3) is 0.250. The van der Waals surface area contributed by atoms with E-state index in [4.69, 9.17) is 11.6 Å². The number of carbonyl (C=O) groups is 2. The van der Waals surface area contributed by atoms with Gasteiger partial charge in [-0.05, 0) is 49.2 Å². The van der Waals surface area contributed by atoms with Crippen LogP contribution in [0.2, 0.25) is 5.02 Å². The van der Waals surface area contributed by atoms with Crippen molar-refractivity contribution in [1.82, 2.24) is 14.9 Å². The lowest BCUT2D eigenvalue weighted by Gasteiger charge is -2.31. The number of amides is 2. The zero-order valence-electron chi connectivity index (χ0n) is 14.6. The zero-order valence-corrected chi connectivity index (χ0v) is 15.4. The maximum absolute atomic E-state index is 12.8. The Labute approximate surface area is 161 Å². The van der Waals surface area contributed by atoms with Crippen molar-refractivity contribution in [2.45, 2.75) is 12.8 Å². The topological polar surface area (TPSA) is 78.1 Å². The van der Waals surface area contributed by atoms with E-state index in [-0.39, 0.29) is 17.7 Å². The van der Waals surface area contributed by atoms with Crippen molar-refractivity contribution in [2.75, 3.05) is 18.4 Å². The van der Waals surface area contributed by atoms with Crippen LogP contribution in [0.5, 0.6) is 0 Å². The number of aromatic nitrogens is 2. The highest BCUT2D eigenvalue weighted by Crippen LogP contribution is 2.21. The second-order valence-electron chi connectivity index (χ2n) is 6.69. The summed E-state index contributed by atoms with van der Waals surface area (Å²) in [5.74, 6) is -0.188. The summed E-state index contributed by atoms with van der Waals surface area (Å²) in [6.45, 7) is 1.01. The Bertz CT molecular complexity index is 950. The average molecular weight is 383 g/mol. The van der Waals surface area contributed by atoms with Gasteiger partial charge < -0.3 is 15.2 Å². The number of imidazole rings is 1. The van der Waals surface area contributed by atoms with E-state index in [0.717, 1.165) is 23.9 Å². The van der Waals surface area contributed by atoms with Crippen molar-refractivity contribution in [3.8, 4) is 0 Å². The Kier molecular flexibility index (Phi) is 4.81. The first-order chi connectivity index (χ1) is 13.1. The molecule has 0 aliphatic carbocycles. The van der Waals surface area contributed by atoms with Gasteiger partial charge in [0.1, 0.15) is 0 Å². The number of rotatable bonds is 3. The number of aromatic amines is 1. The maximum atomic E-state index is 12.8. The number of hydrogen-bond donors (Lipinski definition) is 2. The summed E-state index contributed by atoms with van der Waals surface area (Å²) in [4.78, 5) is 34.6. The van der Waals surface area contributed by atoms with Crippen LogP contribution in [0.1, 0.15) is 23.5 Å². The van der Waals surface area contributed by atoms with Crippen LogP contribution in [-0.2, 0) is 4.79 Å². The molecule has 1 unspecified atom stereocenters. The van der Waals surface area contributed by atoms with E-state index in [2.05, 4.69) is 15.3 Å². The van der Waals surface area contributed by atoms with Crippen molar-refractivity contribution in [3.63, 3.8) is 0 Å². The standard InChI is InChI=1S/C20H19ClN4O2/c21-14-7-9-15(10-8-14)22-19(26)13-4-3-11-25(12-13)20(27)18-23-16-5-1-2-6-17(16)24-18/h1-2,5-10,13H,3-4,11-12H2,(H,22,26)(H,23,24). The smallest absolute Gasteiger partial charge is 0.289 e. The first-order valence-electron chi connectivity index (χ1n) is 8.90. The van der Waals surface area contributed by atoms with E-state index in [1.54, 1.807) is 29.2 Å². The Hall–Kier alpha value is -2.86. The van der Waals surface area contributed by atoms with Crippen LogP contribution in [0.25, 0.3) is 11.0 Å². The molecule has 0 saturated carbocycles. The molecule has 2 aromatic carbocycles. The van der Waals surface area contributed by atoms with Crippen LogP contribution in [0.3, 0.4) is 0 Å². The first-order valence-corrected chi connectivity index (χ1v) is 9.28. The predicted octanol–water partition coefficient (Wildman–Crippen LogP) is 3.71. The highest BCUT2D eigenvalue weighted by Gasteiger charge is 2.30. The van der Waals surface area contributed by atoms with Gasteiger partial charge in [0.25, 0.3) is 5.91 Å². The minimum Gasteiger partial charge on any atom is -0.335 e. The number of anilines is 1. The Morgan fingerprint density at radius 3 is 2.70 bits per heavy atom. The first kappa shape index (κ1) is 17.5. The Morgan fingerprint density at radius 1 is 1.15 bits per heavy atom. The molecule has 0 bridgehead atoms. The molecule has 1 fully saturated rings. The minimum atomic E-state index is -0.247. The van der Waals surface area contributed by atoms with Gasteiger partial charge in [-0.3, -0.25) is 9.59 Å². The van der Waals surface area contributed by atoms with Crippen molar-refractivity contribution in [3.05, 3.63) is 59.4 Å². The number of benzene rings is 2. The van der Waals surface area contributed by atoms with Crippen LogP contribution in [-0.4, -0.2) is 39.8 Å².